The number of carbonyl (C=O) groups is 1. The van der Waals surface area contributed by atoms with Crippen molar-refractivity contribution >= 4 is 11.6 Å². The average Bonchev–Trinajstić information content (AvgIpc) is 3.28. The van der Waals surface area contributed by atoms with Crippen LogP contribution in [-0.4, -0.2) is 25.0 Å². The van der Waals surface area contributed by atoms with E-state index in [1.165, 1.54) is 12.1 Å². The fourth-order valence-corrected chi connectivity index (χ4v) is 3.37. The zero-order valence-corrected chi connectivity index (χ0v) is 18.6. The number of carbonyl (C=O) groups excluding carboxylic acids is 1. The Morgan fingerprint density at radius 1 is 0.912 bits per heavy atom. The lowest BCUT2D eigenvalue weighted by Crippen LogP contribution is -2.23. The first-order valence-electron chi connectivity index (χ1n) is 10.5. The number of hydrogen-bond acceptors (Lipinski definition) is 4. The fraction of sp³-hybridized carbons (Fsp3) is 0.154. The van der Waals surface area contributed by atoms with Crippen LogP contribution in [0.3, 0.4) is 0 Å². The highest BCUT2D eigenvalue weighted by atomic mass is 19.4. The van der Waals surface area contributed by atoms with Gasteiger partial charge in [-0.2, -0.15) is 13.2 Å². The summed E-state index contributed by atoms with van der Waals surface area (Å²) >= 11 is 0. The Kier molecular flexibility index (Phi) is 6.40. The predicted molar refractivity (Wildman–Crippen MR) is 124 cm³/mol. The molecule has 0 fully saturated rings. The summed E-state index contributed by atoms with van der Waals surface area (Å²) in [6.07, 6.45) is -4.45. The van der Waals surface area contributed by atoms with Gasteiger partial charge in [-0.3, -0.25) is 4.79 Å². The highest BCUT2D eigenvalue weighted by molar-refractivity contribution is 5.98. The van der Waals surface area contributed by atoms with Crippen molar-refractivity contribution in [1.29, 1.82) is 0 Å². The molecule has 0 saturated carbocycles. The third-order valence-corrected chi connectivity index (χ3v) is 5.24. The molecule has 4 aromatic rings. The van der Waals surface area contributed by atoms with E-state index in [0.29, 0.717) is 17.7 Å². The number of hydrogen-bond donors (Lipinski definition) is 1. The smallest absolute Gasteiger partial charge is 0.416 e. The Morgan fingerprint density at radius 2 is 1.53 bits per heavy atom. The van der Waals surface area contributed by atoms with E-state index in [1.807, 2.05) is 61.5 Å². The summed E-state index contributed by atoms with van der Waals surface area (Å²) in [7, 11) is 3.82. The van der Waals surface area contributed by atoms with Crippen LogP contribution in [-0.2, 0) is 12.7 Å². The summed E-state index contributed by atoms with van der Waals surface area (Å²) in [5, 5.41) is 2.83. The Labute approximate surface area is 194 Å². The minimum Gasteiger partial charge on any atom is -0.435 e. The van der Waals surface area contributed by atoms with Crippen molar-refractivity contribution < 1.29 is 22.4 Å². The highest BCUT2D eigenvalue weighted by Gasteiger charge is 2.30. The molecule has 1 aromatic heterocycles. The fourth-order valence-electron chi connectivity index (χ4n) is 3.37. The molecule has 1 amide bonds. The topological polar surface area (TPSA) is 58.4 Å². The second-order valence-electron chi connectivity index (χ2n) is 7.88. The van der Waals surface area contributed by atoms with Crippen LogP contribution in [0.4, 0.5) is 18.9 Å². The molecule has 0 aliphatic carbocycles. The largest absolute Gasteiger partial charge is 0.435 e. The monoisotopic (exact) mass is 465 g/mol. The number of alkyl halides is 3. The van der Waals surface area contributed by atoms with Crippen molar-refractivity contribution in [2.75, 3.05) is 19.0 Å². The molecule has 0 aliphatic heterocycles. The minimum atomic E-state index is -4.45. The van der Waals surface area contributed by atoms with Gasteiger partial charge < -0.3 is 14.6 Å². The van der Waals surface area contributed by atoms with Crippen LogP contribution in [0.25, 0.3) is 22.8 Å². The highest BCUT2D eigenvalue weighted by Crippen LogP contribution is 2.34. The molecule has 8 heteroatoms. The lowest BCUT2D eigenvalue weighted by atomic mass is 10.1. The molecule has 0 radical (unpaired) electrons. The number of benzene rings is 3. The third kappa shape index (κ3) is 5.11. The molecule has 1 heterocycles. The van der Waals surface area contributed by atoms with Gasteiger partial charge in [-0.25, -0.2) is 4.98 Å². The summed E-state index contributed by atoms with van der Waals surface area (Å²) in [4.78, 5) is 19.3. The molecule has 34 heavy (non-hydrogen) atoms. The first kappa shape index (κ1) is 23.1. The maximum Gasteiger partial charge on any atom is 0.416 e. The standard InChI is InChI=1S/C26H22F3N3O2/c1-32(2)21-14-10-18(11-15-21)23-22(24(33)30-16-17-6-4-3-5-7-17)31-25(34-23)19-8-12-20(13-9-19)26(27,28)29/h3-15H,16H2,1-2H3,(H,30,33). The molecular weight excluding hydrogens is 443 g/mol. The summed E-state index contributed by atoms with van der Waals surface area (Å²) in [5.41, 5.74) is 2.12. The average molecular weight is 465 g/mol. The van der Waals surface area contributed by atoms with Crippen molar-refractivity contribution in [3.8, 4) is 22.8 Å². The quantitative estimate of drug-likeness (QED) is 0.378. The number of amides is 1. The van der Waals surface area contributed by atoms with Gasteiger partial charge in [0.2, 0.25) is 5.89 Å². The van der Waals surface area contributed by atoms with Crippen LogP contribution in [0.15, 0.2) is 83.3 Å². The Morgan fingerprint density at radius 3 is 2.12 bits per heavy atom. The van der Waals surface area contributed by atoms with E-state index in [1.54, 1.807) is 12.1 Å². The van der Waals surface area contributed by atoms with Gasteiger partial charge in [-0.1, -0.05) is 30.3 Å². The van der Waals surface area contributed by atoms with Gasteiger partial charge in [-0.15, -0.1) is 0 Å². The Balaban J connectivity index is 1.69. The number of nitrogens with zero attached hydrogens (tertiary/aromatic N) is 2. The van der Waals surface area contributed by atoms with Gasteiger partial charge in [0.1, 0.15) is 0 Å². The van der Waals surface area contributed by atoms with Crippen molar-refractivity contribution in [1.82, 2.24) is 10.3 Å². The molecule has 0 spiro atoms. The summed E-state index contributed by atoms with van der Waals surface area (Å²) < 4.78 is 44.7. The molecule has 4 rings (SSSR count). The van der Waals surface area contributed by atoms with E-state index < -0.39 is 17.6 Å². The zero-order valence-electron chi connectivity index (χ0n) is 18.6. The predicted octanol–water partition coefficient (Wildman–Crippen LogP) is 6.02. The molecule has 174 valence electrons. The molecule has 0 saturated heterocycles. The number of rotatable bonds is 6. The normalized spacial score (nSPS) is 11.3. The molecule has 0 bridgehead atoms. The summed E-state index contributed by atoms with van der Waals surface area (Å²) in [6, 6.07) is 21.2. The molecule has 0 aliphatic rings. The second kappa shape index (κ2) is 9.43. The SMILES string of the molecule is CN(C)c1ccc(-c2oc(-c3ccc(C(F)(F)F)cc3)nc2C(=O)NCc2ccccc2)cc1. The van der Waals surface area contributed by atoms with E-state index >= 15 is 0 Å². The summed E-state index contributed by atoms with van der Waals surface area (Å²) in [5.74, 6) is -0.145. The Bertz CT molecular complexity index is 1260. The van der Waals surface area contributed by atoms with Gasteiger partial charge in [0, 0.05) is 37.5 Å². The summed E-state index contributed by atoms with van der Waals surface area (Å²) in [6.45, 7) is 0.293. The maximum atomic E-state index is 13.0. The van der Waals surface area contributed by atoms with Gasteiger partial charge in [0.15, 0.2) is 11.5 Å². The van der Waals surface area contributed by atoms with Gasteiger partial charge in [-0.05, 0) is 54.1 Å². The first-order valence-corrected chi connectivity index (χ1v) is 10.5. The molecular formula is C26H22F3N3O2. The van der Waals surface area contributed by atoms with E-state index in [9.17, 15) is 18.0 Å². The van der Waals surface area contributed by atoms with Crippen molar-refractivity contribution in [2.24, 2.45) is 0 Å². The second-order valence-corrected chi connectivity index (χ2v) is 7.88. The lowest BCUT2D eigenvalue weighted by Gasteiger charge is -2.12. The van der Waals surface area contributed by atoms with Crippen molar-refractivity contribution in [2.45, 2.75) is 12.7 Å². The number of halogens is 3. The van der Waals surface area contributed by atoms with Crippen LogP contribution in [0.5, 0.6) is 0 Å². The number of anilines is 1. The van der Waals surface area contributed by atoms with Crippen LogP contribution in [0, 0.1) is 0 Å². The van der Waals surface area contributed by atoms with Crippen LogP contribution in [0.1, 0.15) is 21.6 Å². The van der Waals surface area contributed by atoms with Crippen molar-refractivity contribution in [3.63, 3.8) is 0 Å². The van der Waals surface area contributed by atoms with Crippen LogP contribution < -0.4 is 10.2 Å². The number of aromatic nitrogens is 1. The van der Waals surface area contributed by atoms with E-state index in [2.05, 4.69) is 10.3 Å². The maximum absolute atomic E-state index is 13.0. The number of oxazole rings is 1. The van der Waals surface area contributed by atoms with Gasteiger partial charge in [0.05, 0.1) is 5.56 Å². The van der Waals surface area contributed by atoms with Crippen LogP contribution in [0.2, 0.25) is 0 Å². The van der Waals surface area contributed by atoms with Gasteiger partial charge in [0.25, 0.3) is 5.91 Å². The first-order chi connectivity index (χ1) is 16.2. The van der Waals surface area contributed by atoms with E-state index in [0.717, 1.165) is 23.4 Å². The van der Waals surface area contributed by atoms with Crippen molar-refractivity contribution in [3.05, 3.63) is 95.7 Å². The molecule has 0 atom stereocenters. The molecule has 5 nitrogen and oxygen atoms in total. The van der Waals surface area contributed by atoms with Gasteiger partial charge >= 0.3 is 6.18 Å². The minimum absolute atomic E-state index is 0.0587. The van der Waals surface area contributed by atoms with E-state index in [4.69, 9.17) is 4.42 Å². The Hall–Kier alpha value is -4.07. The molecule has 0 unspecified atom stereocenters. The third-order valence-electron chi connectivity index (χ3n) is 5.24. The van der Waals surface area contributed by atoms with Crippen LogP contribution >= 0.6 is 0 Å². The lowest BCUT2D eigenvalue weighted by molar-refractivity contribution is -0.137. The molecule has 3 aromatic carbocycles. The number of nitrogens with one attached hydrogen (secondary N) is 1. The molecule has 1 N–H and O–H groups in total. The van der Waals surface area contributed by atoms with E-state index in [-0.39, 0.29) is 17.3 Å². The zero-order chi connectivity index (χ0) is 24.3.